The van der Waals surface area contributed by atoms with Gasteiger partial charge in [0.15, 0.2) is 0 Å². The number of ether oxygens (including phenoxy) is 1. The van der Waals surface area contributed by atoms with E-state index in [2.05, 4.69) is 4.98 Å². The number of aryl methyl sites for hydroxylation is 1. The summed E-state index contributed by atoms with van der Waals surface area (Å²) in [6.45, 7) is 1.82. The molecule has 0 aliphatic heterocycles. The Morgan fingerprint density at radius 3 is 2.83 bits per heavy atom. The van der Waals surface area contributed by atoms with Crippen molar-refractivity contribution in [2.24, 2.45) is 0 Å². The first-order valence-electron chi connectivity index (χ1n) is 5.09. The highest BCUT2D eigenvalue weighted by molar-refractivity contribution is 7.09. The van der Waals surface area contributed by atoms with Crippen molar-refractivity contribution in [2.45, 2.75) is 13.5 Å². The number of thiazole rings is 1. The predicted molar refractivity (Wildman–Crippen MR) is 62.3 cm³/mol. The molecule has 0 unspecified atom stereocenters. The first-order chi connectivity index (χ1) is 8.58. The minimum atomic E-state index is -0.930. The van der Waals surface area contributed by atoms with Gasteiger partial charge in [-0.1, -0.05) is 0 Å². The molecule has 0 fully saturated rings. The number of hydrogen-bond donors (Lipinski definition) is 0. The summed E-state index contributed by atoms with van der Waals surface area (Å²) in [5, 5.41) is 0. The van der Waals surface area contributed by atoms with Crippen LogP contribution >= 0.6 is 11.3 Å². The molecule has 0 amide bonds. The molecule has 0 saturated heterocycles. The number of carbonyl (C=O) groups is 1. The molecule has 2 rings (SSSR count). The van der Waals surface area contributed by atoms with E-state index in [1.54, 1.807) is 12.4 Å². The van der Waals surface area contributed by atoms with E-state index >= 15 is 0 Å². The number of halogens is 2. The number of aromatic nitrogens is 1. The Balaban J connectivity index is 2.06. The van der Waals surface area contributed by atoms with Gasteiger partial charge in [-0.25, -0.2) is 18.6 Å². The Kier molecular flexibility index (Phi) is 3.66. The van der Waals surface area contributed by atoms with Crippen LogP contribution in [-0.2, 0) is 11.3 Å². The molecule has 18 heavy (non-hydrogen) atoms. The third kappa shape index (κ3) is 2.70. The molecule has 3 nitrogen and oxygen atoms in total. The topological polar surface area (TPSA) is 39.2 Å². The van der Waals surface area contributed by atoms with Crippen molar-refractivity contribution >= 4 is 17.3 Å². The van der Waals surface area contributed by atoms with Gasteiger partial charge in [0.05, 0.1) is 21.6 Å². The fourth-order valence-electron chi connectivity index (χ4n) is 1.33. The fraction of sp³-hybridized carbons (Fsp3) is 0.167. The summed E-state index contributed by atoms with van der Waals surface area (Å²) in [5.41, 5.74) is 2.13. The maximum Gasteiger partial charge on any atom is 0.341 e. The molecule has 1 aromatic carbocycles. The molecule has 2 aromatic rings. The summed E-state index contributed by atoms with van der Waals surface area (Å²) in [6.07, 6.45) is 0. The maximum absolute atomic E-state index is 13.3. The second-order valence-electron chi connectivity index (χ2n) is 3.56. The number of nitrogens with zero attached hydrogens (tertiary/aromatic N) is 1. The van der Waals surface area contributed by atoms with E-state index in [9.17, 15) is 13.6 Å². The molecule has 1 heterocycles. The third-order valence-corrected chi connectivity index (χ3v) is 3.24. The van der Waals surface area contributed by atoms with E-state index in [0.717, 1.165) is 22.7 Å². The zero-order valence-electron chi connectivity index (χ0n) is 9.44. The van der Waals surface area contributed by atoms with E-state index in [4.69, 9.17) is 4.74 Å². The second-order valence-corrected chi connectivity index (χ2v) is 4.50. The van der Waals surface area contributed by atoms with Crippen molar-refractivity contribution in [1.29, 1.82) is 0 Å². The second kappa shape index (κ2) is 5.22. The quantitative estimate of drug-likeness (QED) is 0.804. The zero-order valence-corrected chi connectivity index (χ0v) is 10.3. The molecule has 6 heteroatoms. The average Bonchev–Trinajstić information content (AvgIpc) is 2.72. The summed E-state index contributed by atoms with van der Waals surface area (Å²) in [5.74, 6) is -2.48. The number of benzene rings is 1. The van der Waals surface area contributed by atoms with E-state index in [0.29, 0.717) is 6.07 Å². The number of carbonyl (C=O) groups excluding carboxylic acids is 1. The van der Waals surface area contributed by atoms with Crippen LogP contribution in [0.25, 0.3) is 0 Å². The van der Waals surface area contributed by atoms with E-state index < -0.39 is 17.6 Å². The molecule has 0 saturated carbocycles. The maximum atomic E-state index is 13.3. The summed E-state index contributed by atoms with van der Waals surface area (Å²) >= 11 is 1.35. The van der Waals surface area contributed by atoms with Gasteiger partial charge in [0.1, 0.15) is 18.2 Å². The minimum absolute atomic E-state index is 0.0339. The highest BCUT2D eigenvalue weighted by atomic mass is 32.1. The van der Waals surface area contributed by atoms with Crippen LogP contribution in [0.2, 0.25) is 0 Å². The van der Waals surface area contributed by atoms with Crippen LogP contribution in [-0.4, -0.2) is 11.0 Å². The first kappa shape index (κ1) is 12.6. The zero-order chi connectivity index (χ0) is 13.1. The number of hydrogen-bond acceptors (Lipinski definition) is 4. The van der Waals surface area contributed by atoms with Gasteiger partial charge in [-0.2, -0.15) is 0 Å². The average molecular weight is 269 g/mol. The molecule has 0 aliphatic rings. The van der Waals surface area contributed by atoms with Crippen molar-refractivity contribution in [3.63, 3.8) is 0 Å². The molecule has 0 N–H and O–H groups in total. The molecular formula is C12H9F2NO2S. The van der Waals surface area contributed by atoms with Crippen LogP contribution < -0.4 is 0 Å². The highest BCUT2D eigenvalue weighted by Gasteiger charge is 2.14. The lowest BCUT2D eigenvalue weighted by molar-refractivity contribution is 0.0470. The van der Waals surface area contributed by atoms with Crippen LogP contribution in [0.3, 0.4) is 0 Å². The van der Waals surface area contributed by atoms with E-state index in [1.807, 2.05) is 0 Å². The lowest BCUT2D eigenvalue weighted by Gasteiger charge is -2.04. The molecule has 0 radical (unpaired) electrons. The minimum Gasteiger partial charge on any atom is -0.456 e. The molecule has 1 aromatic heterocycles. The molecule has 0 atom stereocenters. The van der Waals surface area contributed by atoms with Crippen molar-refractivity contribution in [3.8, 4) is 0 Å². The van der Waals surface area contributed by atoms with Gasteiger partial charge >= 0.3 is 5.97 Å². The lowest BCUT2D eigenvalue weighted by Crippen LogP contribution is -2.07. The largest absolute Gasteiger partial charge is 0.456 e. The normalized spacial score (nSPS) is 10.4. The Labute approximate surface area is 106 Å². The summed E-state index contributed by atoms with van der Waals surface area (Å²) in [6, 6.07) is 2.72. The monoisotopic (exact) mass is 269 g/mol. The van der Waals surface area contributed by atoms with Gasteiger partial charge in [-0.05, 0) is 19.1 Å². The molecule has 94 valence electrons. The first-order valence-corrected chi connectivity index (χ1v) is 5.97. The van der Waals surface area contributed by atoms with E-state index in [-0.39, 0.29) is 12.2 Å². The van der Waals surface area contributed by atoms with Gasteiger partial charge in [0, 0.05) is 6.07 Å². The number of esters is 1. The SMILES string of the molecule is Cc1ncsc1COC(=O)c1ccc(F)cc1F. The van der Waals surface area contributed by atoms with Crippen molar-refractivity contribution in [1.82, 2.24) is 4.98 Å². The van der Waals surface area contributed by atoms with Crippen LogP contribution in [0.15, 0.2) is 23.7 Å². The smallest absolute Gasteiger partial charge is 0.341 e. The Bertz CT molecular complexity index is 583. The molecule has 0 bridgehead atoms. The summed E-state index contributed by atoms with van der Waals surface area (Å²) in [7, 11) is 0. The van der Waals surface area contributed by atoms with Crippen molar-refractivity contribution < 1.29 is 18.3 Å². The number of rotatable bonds is 3. The van der Waals surface area contributed by atoms with Crippen LogP contribution in [0.5, 0.6) is 0 Å². The fourth-order valence-corrected chi connectivity index (χ4v) is 2.02. The summed E-state index contributed by atoms with van der Waals surface area (Å²) in [4.78, 5) is 16.4. The lowest BCUT2D eigenvalue weighted by atomic mass is 10.2. The van der Waals surface area contributed by atoms with Crippen molar-refractivity contribution in [3.05, 3.63) is 51.5 Å². The standard InChI is InChI=1S/C12H9F2NO2S/c1-7-11(18-6-15-7)5-17-12(16)9-3-2-8(13)4-10(9)14/h2-4,6H,5H2,1H3. The van der Waals surface area contributed by atoms with E-state index in [1.165, 1.54) is 11.3 Å². The summed E-state index contributed by atoms with van der Waals surface area (Å²) < 4.78 is 30.9. The van der Waals surface area contributed by atoms with Crippen LogP contribution in [0.4, 0.5) is 8.78 Å². The van der Waals surface area contributed by atoms with Crippen LogP contribution in [0, 0.1) is 18.6 Å². The molecular weight excluding hydrogens is 260 g/mol. The third-order valence-electron chi connectivity index (χ3n) is 2.33. The van der Waals surface area contributed by atoms with Crippen molar-refractivity contribution in [2.75, 3.05) is 0 Å². The van der Waals surface area contributed by atoms with Crippen LogP contribution in [0.1, 0.15) is 20.9 Å². The molecule has 0 spiro atoms. The van der Waals surface area contributed by atoms with Gasteiger partial charge in [-0.15, -0.1) is 11.3 Å². The Morgan fingerprint density at radius 2 is 2.22 bits per heavy atom. The predicted octanol–water partition coefficient (Wildman–Crippen LogP) is 3.09. The van der Waals surface area contributed by atoms with Gasteiger partial charge < -0.3 is 4.74 Å². The highest BCUT2D eigenvalue weighted by Crippen LogP contribution is 2.16. The van der Waals surface area contributed by atoms with Gasteiger partial charge in [0.25, 0.3) is 0 Å². The van der Waals surface area contributed by atoms with Gasteiger partial charge in [-0.3, -0.25) is 0 Å². The Hall–Kier alpha value is -1.82. The Morgan fingerprint density at radius 1 is 1.44 bits per heavy atom. The molecule has 0 aliphatic carbocycles. The van der Waals surface area contributed by atoms with Gasteiger partial charge in [0.2, 0.25) is 0 Å².